The summed E-state index contributed by atoms with van der Waals surface area (Å²) in [5.41, 5.74) is 2.74. The minimum atomic E-state index is 0. The summed E-state index contributed by atoms with van der Waals surface area (Å²) < 4.78 is 0. The summed E-state index contributed by atoms with van der Waals surface area (Å²) in [4.78, 5) is 14.1. The van der Waals surface area contributed by atoms with Crippen LogP contribution in [0.3, 0.4) is 0 Å². The van der Waals surface area contributed by atoms with Gasteiger partial charge in [0.15, 0.2) is 0 Å². The fraction of sp³-hybridized carbons (Fsp3) is 0.562. The number of amides is 1. The first-order chi connectivity index (χ1) is 9.72. The number of anilines is 1. The Bertz CT molecular complexity index is 457. The molecule has 1 aromatic rings. The Labute approximate surface area is 145 Å². The van der Waals surface area contributed by atoms with Crippen LogP contribution >= 0.6 is 24.8 Å². The lowest BCUT2D eigenvalue weighted by molar-refractivity contribution is -0.121. The number of nitrogens with zero attached hydrogens (tertiary/aromatic N) is 1. The first kappa shape index (κ1) is 21.0. The Balaban J connectivity index is 0.00000220. The lowest BCUT2D eigenvalue weighted by atomic mass is 10.2. The van der Waals surface area contributed by atoms with E-state index in [1.165, 1.54) is 11.3 Å². The average Bonchev–Trinajstić information content (AvgIpc) is 2.89. The molecule has 1 unspecified atom stereocenters. The molecule has 2 rings (SSSR count). The van der Waals surface area contributed by atoms with Gasteiger partial charge in [-0.05, 0) is 45.0 Å². The van der Waals surface area contributed by atoms with Crippen molar-refractivity contribution in [2.75, 3.05) is 31.6 Å². The van der Waals surface area contributed by atoms with Gasteiger partial charge in [0.25, 0.3) is 0 Å². The predicted molar refractivity (Wildman–Crippen MR) is 97.6 cm³/mol. The van der Waals surface area contributed by atoms with E-state index in [1.807, 2.05) is 7.05 Å². The molecule has 2 N–H and O–H groups in total. The molecule has 1 atom stereocenters. The van der Waals surface area contributed by atoms with Crippen LogP contribution in [-0.4, -0.2) is 38.6 Å². The van der Waals surface area contributed by atoms with E-state index in [1.54, 1.807) is 0 Å². The first-order valence-electron chi connectivity index (χ1n) is 7.48. The highest BCUT2D eigenvalue weighted by molar-refractivity contribution is 5.85. The number of fused-ring (bicyclic) bond motifs is 1. The number of carbonyl (C=O) groups excluding carboxylic acids is 1. The highest BCUT2D eigenvalue weighted by Gasteiger charge is 2.22. The maximum atomic E-state index is 11.7. The Hall–Kier alpha value is -0.970. The third kappa shape index (κ3) is 5.67. The van der Waals surface area contributed by atoms with Gasteiger partial charge in [0.05, 0.1) is 0 Å². The number of hydrogen-bond acceptors (Lipinski definition) is 3. The zero-order chi connectivity index (χ0) is 14.4. The maximum absolute atomic E-state index is 11.7. The van der Waals surface area contributed by atoms with Crippen LogP contribution in [0.15, 0.2) is 24.3 Å². The molecule has 0 aromatic heterocycles. The van der Waals surface area contributed by atoms with Crippen molar-refractivity contribution >= 4 is 36.4 Å². The molecule has 0 aliphatic carbocycles. The normalized spacial score (nSPS) is 13.6. The Morgan fingerprint density at radius 3 is 2.77 bits per heavy atom. The molecule has 1 amide bonds. The minimum absolute atomic E-state index is 0. The lowest BCUT2D eigenvalue weighted by Gasteiger charge is -2.27. The summed E-state index contributed by atoms with van der Waals surface area (Å²) in [6.45, 7) is 4.83. The smallest absolute Gasteiger partial charge is 0.220 e. The molecule has 1 heterocycles. The molecular formula is C16H27Cl2N3O. The van der Waals surface area contributed by atoms with Crippen LogP contribution in [0.1, 0.15) is 25.3 Å². The van der Waals surface area contributed by atoms with Gasteiger partial charge in [0, 0.05) is 31.2 Å². The molecule has 0 saturated heterocycles. The molecule has 4 nitrogen and oxygen atoms in total. The molecule has 0 spiro atoms. The molecule has 0 saturated carbocycles. The van der Waals surface area contributed by atoms with Crippen LogP contribution in [0, 0.1) is 0 Å². The number of rotatable bonds is 7. The highest BCUT2D eigenvalue weighted by Crippen LogP contribution is 2.28. The van der Waals surface area contributed by atoms with Gasteiger partial charge in [-0.3, -0.25) is 4.79 Å². The van der Waals surface area contributed by atoms with Crippen LogP contribution in [0.5, 0.6) is 0 Å². The van der Waals surface area contributed by atoms with Crippen LogP contribution in [0.25, 0.3) is 0 Å². The van der Waals surface area contributed by atoms with Crippen LogP contribution in [-0.2, 0) is 11.2 Å². The van der Waals surface area contributed by atoms with Gasteiger partial charge >= 0.3 is 0 Å². The molecule has 1 aliphatic heterocycles. The number of para-hydroxylation sites is 1. The molecule has 0 bridgehead atoms. The topological polar surface area (TPSA) is 44.4 Å². The van der Waals surface area contributed by atoms with Gasteiger partial charge in [-0.25, -0.2) is 0 Å². The zero-order valence-electron chi connectivity index (χ0n) is 13.3. The lowest BCUT2D eigenvalue weighted by Crippen LogP contribution is -2.41. The summed E-state index contributed by atoms with van der Waals surface area (Å²) in [6, 6.07) is 8.88. The number of benzene rings is 1. The van der Waals surface area contributed by atoms with Gasteiger partial charge in [-0.2, -0.15) is 0 Å². The van der Waals surface area contributed by atoms with E-state index >= 15 is 0 Å². The van der Waals surface area contributed by atoms with E-state index in [9.17, 15) is 4.79 Å². The minimum Gasteiger partial charge on any atom is -0.366 e. The second kappa shape index (κ2) is 10.7. The third-order valence-corrected chi connectivity index (χ3v) is 3.88. The molecule has 0 radical (unpaired) electrons. The second-order valence-electron chi connectivity index (χ2n) is 5.43. The molecule has 0 fully saturated rings. The predicted octanol–water partition coefficient (Wildman–Crippen LogP) is 2.40. The standard InChI is InChI=1S/C16H25N3O.2ClH/c1-13(12-18-16(20)8-5-10-17-2)19-11-9-14-6-3-4-7-15(14)19;;/h3-4,6-7,13,17H,5,8-12H2,1-2H3,(H,18,20);2*1H. The number of carbonyl (C=O) groups is 1. The molecule has 1 aromatic carbocycles. The fourth-order valence-corrected chi connectivity index (χ4v) is 2.71. The maximum Gasteiger partial charge on any atom is 0.220 e. The highest BCUT2D eigenvalue weighted by atomic mass is 35.5. The number of nitrogens with one attached hydrogen (secondary N) is 2. The van der Waals surface area contributed by atoms with Crippen molar-refractivity contribution in [3.05, 3.63) is 29.8 Å². The van der Waals surface area contributed by atoms with E-state index < -0.39 is 0 Å². The Morgan fingerprint density at radius 1 is 1.32 bits per heavy atom. The number of halogens is 2. The van der Waals surface area contributed by atoms with Crippen molar-refractivity contribution in [2.24, 2.45) is 0 Å². The summed E-state index contributed by atoms with van der Waals surface area (Å²) in [6.07, 6.45) is 2.60. The van der Waals surface area contributed by atoms with Crippen molar-refractivity contribution < 1.29 is 4.79 Å². The van der Waals surface area contributed by atoms with E-state index in [-0.39, 0.29) is 30.7 Å². The SMILES string of the molecule is CNCCCC(=O)NCC(C)N1CCc2ccccc21.Cl.Cl. The molecule has 1 aliphatic rings. The third-order valence-electron chi connectivity index (χ3n) is 3.88. The quantitative estimate of drug-likeness (QED) is 0.744. The van der Waals surface area contributed by atoms with Crippen molar-refractivity contribution in [2.45, 2.75) is 32.2 Å². The van der Waals surface area contributed by atoms with Crippen molar-refractivity contribution in [1.29, 1.82) is 0 Å². The average molecular weight is 348 g/mol. The summed E-state index contributed by atoms with van der Waals surface area (Å²) in [7, 11) is 1.91. The summed E-state index contributed by atoms with van der Waals surface area (Å²) >= 11 is 0. The van der Waals surface area contributed by atoms with E-state index in [0.29, 0.717) is 19.0 Å². The van der Waals surface area contributed by atoms with Gasteiger partial charge in [-0.1, -0.05) is 18.2 Å². The molecule has 6 heteroatoms. The summed E-state index contributed by atoms with van der Waals surface area (Å²) in [5, 5.41) is 6.10. The van der Waals surface area contributed by atoms with E-state index in [4.69, 9.17) is 0 Å². The second-order valence-corrected chi connectivity index (χ2v) is 5.43. The van der Waals surface area contributed by atoms with Crippen LogP contribution in [0.4, 0.5) is 5.69 Å². The van der Waals surface area contributed by atoms with E-state index in [0.717, 1.165) is 25.9 Å². The molecule has 22 heavy (non-hydrogen) atoms. The van der Waals surface area contributed by atoms with Crippen LogP contribution < -0.4 is 15.5 Å². The molecular weight excluding hydrogens is 321 g/mol. The van der Waals surface area contributed by atoms with Crippen molar-refractivity contribution in [3.63, 3.8) is 0 Å². The monoisotopic (exact) mass is 347 g/mol. The van der Waals surface area contributed by atoms with Crippen molar-refractivity contribution in [1.82, 2.24) is 10.6 Å². The Kier molecular flexibility index (Phi) is 10.2. The van der Waals surface area contributed by atoms with Gasteiger partial charge in [0.2, 0.25) is 5.91 Å². The largest absolute Gasteiger partial charge is 0.366 e. The fourth-order valence-electron chi connectivity index (χ4n) is 2.71. The first-order valence-corrected chi connectivity index (χ1v) is 7.48. The van der Waals surface area contributed by atoms with Gasteiger partial charge in [-0.15, -0.1) is 24.8 Å². The number of hydrogen-bond donors (Lipinski definition) is 2. The van der Waals surface area contributed by atoms with Gasteiger partial charge < -0.3 is 15.5 Å². The zero-order valence-corrected chi connectivity index (χ0v) is 14.9. The van der Waals surface area contributed by atoms with Crippen LogP contribution in [0.2, 0.25) is 0 Å². The Morgan fingerprint density at radius 2 is 2.05 bits per heavy atom. The molecule has 126 valence electrons. The van der Waals surface area contributed by atoms with E-state index in [2.05, 4.69) is 46.7 Å². The summed E-state index contributed by atoms with van der Waals surface area (Å²) in [5.74, 6) is 0.152. The van der Waals surface area contributed by atoms with Gasteiger partial charge in [0.1, 0.15) is 0 Å². The van der Waals surface area contributed by atoms with Crippen molar-refractivity contribution in [3.8, 4) is 0 Å².